The average Bonchev–Trinajstić information content (AvgIpc) is 2.36. The van der Waals surface area contributed by atoms with Gasteiger partial charge in [-0.2, -0.15) is 0 Å². The van der Waals surface area contributed by atoms with Crippen molar-refractivity contribution in [2.75, 3.05) is 5.33 Å². The predicted octanol–water partition coefficient (Wildman–Crippen LogP) is 4.66. The van der Waals surface area contributed by atoms with Crippen LogP contribution in [0, 0.1) is 23.2 Å². The van der Waals surface area contributed by atoms with Crippen LogP contribution < -0.4 is 5.32 Å². The van der Waals surface area contributed by atoms with Gasteiger partial charge in [0.15, 0.2) is 0 Å². The van der Waals surface area contributed by atoms with Crippen molar-refractivity contribution in [2.45, 2.75) is 77.2 Å². The molecule has 0 aromatic rings. The zero-order chi connectivity index (χ0) is 15.1. The number of carbonyl (C=O) groups is 1. The van der Waals surface area contributed by atoms with E-state index in [1.165, 1.54) is 38.5 Å². The summed E-state index contributed by atoms with van der Waals surface area (Å²) in [5.41, 5.74) is 0.324. The van der Waals surface area contributed by atoms with Gasteiger partial charge < -0.3 is 5.32 Å². The molecule has 4 saturated carbocycles. The highest BCUT2D eigenvalue weighted by Gasteiger charge is 2.51. The fraction of sp³-hybridized carbons (Fsp3) is 0.944. The van der Waals surface area contributed by atoms with Crippen molar-refractivity contribution in [3.63, 3.8) is 0 Å². The Bertz CT molecular complexity index is 373. The van der Waals surface area contributed by atoms with Gasteiger partial charge >= 0.3 is 0 Å². The zero-order valence-electron chi connectivity index (χ0n) is 13.6. The highest BCUT2D eigenvalue weighted by atomic mass is 79.9. The van der Waals surface area contributed by atoms with Crippen LogP contribution in [-0.2, 0) is 4.79 Å². The molecule has 1 N–H and O–H groups in total. The molecule has 0 aromatic carbocycles. The molecule has 0 radical (unpaired) electrons. The van der Waals surface area contributed by atoms with Gasteiger partial charge in [-0.1, -0.05) is 22.9 Å². The van der Waals surface area contributed by atoms with Crippen LogP contribution in [0.3, 0.4) is 0 Å². The molecule has 4 fully saturated rings. The molecular formula is C18H30BrNO. The van der Waals surface area contributed by atoms with E-state index in [9.17, 15) is 4.79 Å². The molecule has 4 bridgehead atoms. The minimum Gasteiger partial charge on any atom is -0.351 e. The fourth-order valence-corrected chi connectivity index (χ4v) is 6.64. The topological polar surface area (TPSA) is 29.1 Å². The molecule has 0 aromatic heterocycles. The second-order valence-electron chi connectivity index (χ2n) is 8.50. The molecule has 0 heterocycles. The summed E-state index contributed by atoms with van der Waals surface area (Å²) in [4.78, 5) is 12.7. The van der Waals surface area contributed by atoms with Crippen molar-refractivity contribution in [3.05, 3.63) is 0 Å². The first-order valence-corrected chi connectivity index (χ1v) is 9.95. The lowest BCUT2D eigenvalue weighted by Crippen LogP contribution is -2.51. The molecule has 0 aliphatic heterocycles. The number of nitrogens with one attached hydrogen (secondary N) is 1. The Hall–Kier alpha value is -0.0500. The van der Waals surface area contributed by atoms with Gasteiger partial charge in [0.2, 0.25) is 5.91 Å². The largest absolute Gasteiger partial charge is 0.351 e. The molecule has 4 aliphatic rings. The normalized spacial score (nSPS) is 40.0. The van der Waals surface area contributed by atoms with Crippen molar-refractivity contribution in [1.82, 2.24) is 5.32 Å². The zero-order valence-corrected chi connectivity index (χ0v) is 15.2. The highest BCUT2D eigenvalue weighted by Crippen LogP contribution is 2.61. The van der Waals surface area contributed by atoms with Crippen molar-refractivity contribution in [2.24, 2.45) is 23.2 Å². The first kappa shape index (κ1) is 15.8. The lowest BCUT2D eigenvalue weighted by atomic mass is 9.49. The molecule has 4 aliphatic carbocycles. The van der Waals surface area contributed by atoms with Crippen LogP contribution in [0.2, 0.25) is 0 Å². The van der Waals surface area contributed by atoms with Crippen LogP contribution in [0.1, 0.15) is 71.6 Å². The Morgan fingerprint density at radius 1 is 1.19 bits per heavy atom. The van der Waals surface area contributed by atoms with E-state index in [0.717, 1.165) is 42.3 Å². The van der Waals surface area contributed by atoms with Gasteiger partial charge in [-0.3, -0.25) is 4.79 Å². The third-order valence-electron chi connectivity index (χ3n) is 6.57. The summed E-state index contributed by atoms with van der Waals surface area (Å²) in [6.07, 6.45) is 11.1. The standard InChI is InChI=1S/C18H30BrNO/c1-3-17(2,4-5-19)20-16(21)12-18-9-13-6-14(10-18)8-15(7-13)11-18/h13-15H,3-12H2,1-2H3,(H,20,21). The van der Waals surface area contributed by atoms with E-state index in [1.54, 1.807) is 0 Å². The third kappa shape index (κ3) is 3.33. The maximum Gasteiger partial charge on any atom is 0.220 e. The van der Waals surface area contributed by atoms with E-state index >= 15 is 0 Å². The van der Waals surface area contributed by atoms with E-state index in [4.69, 9.17) is 0 Å². The molecule has 0 spiro atoms. The first-order valence-electron chi connectivity index (χ1n) is 8.83. The number of hydrogen-bond donors (Lipinski definition) is 1. The van der Waals surface area contributed by atoms with E-state index in [0.29, 0.717) is 11.3 Å². The summed E-state index contributed by atoms with van der Waals surface area (Å²) < 4.78 is 0. The van der Waals surface area contributed by atoms with E-state index in [-0.39, 0.29) is 5.54 Å². The molecule has 4 rings (SSSR count). The number of halogens is 1. The molecule has 0 saturated heterocycles. The monoisotopic (exact) mass is 355 g/mol. The summed E-state index contributed by atoms with van der Waals surface area (Å²) in [6.45, 7) is 4.36. The second kappa shape index (κ2) is 5.86. The van der Waals surface area contributed by atoms with E-state index in [1.807, 2.05) is 0 Å². The number of rotatable bonds is 6. The van der Waals surface area contributed by atoms with Gasteiger partial charge in [0.25, 0.3) is 0 Å². The van der Waals surface area contributed by atoms with Crippen LogP contribution in [0.25, 0.3) is 0 Å². The smallest absolute Gasteiger partial charge is 0.220 e. The maximum absolute atomic E-state index is 12.7. The summed E-state index contributed by atoms with van der Waals surface area (Å²) in [5, 5.41) is 4.30. The van der Waals surface area contributed by atoms with Crippen molar-refractivity contribution >= 4 is 21.8 Å². The Kier molecular flexibility index (Phi) is 4.42. The average molecular weight is 356 g/mol. The summed E-state index contributed by atoms with van der Waals surface area (Å²) in [7, 11) is 0. The minimum atomic E-state index is -0.0388. The van der Waals surface area contributed by atoms with E-state index < -0.39 is 0 Å². The highest BCUT2D eigenvalue weighted by molar-refractivity contribution is 9.09. The summed E-state index contributed by atoms with van der Waals surface area (Å²) >= 11 is 3.52. The molecule has 21 heavy (non-hydrogen) atoms. The van der Waals surface area contributed by atoms with E-state index in [2.05, 4.69) is 35.1 Å². The van der Waals surface area contributed by atoms with Gasteiger partial charge in [-0.25, -0.2) is 0 Å². The Labute approximate surface area is 138 Å². The number of amides is 1. The van der Waals surface area contributed by atoms with Crippen LogP contribution in [-0.4, -0.2) is 16.8 Å². The van der Waals surface area contributed by atoms with Gasteiger partial charge in [0.1, 0.15) is 0 Å². The molecule has 3 heteroatoms. The number of alkyl halides is 1. The number of hydrogen-bond acceptors (Lipinski definition) is 1. The van der Waals surface area contributed by atoms with Crippen molar-refractivity contribution in [3.8, 4) is 0 Å². The van der Waals surface area contributed by atoms with Crippen molar-refractivity contribution in [1.29, 1.82) is 0 Å². The van der Waals surface area contributed by atoms with Crippen LogP contribution in [0.4, 0.5) is 0 Å². The molecule has 2 nitrogen and oxygen atoms in total. The van der Waals surface area contributed by atoms with Crippen molar-refractivity contribution < 1.29 is 4.79 Å². The van der Waals surface area contributed by atoms with Gasteiger partial charge in [0, 0.05) is 17.3 Å². The number of carbonyl (C=O) groups excluding carboxylic acids is 1. The lowest BCUT2D eigenvalue weighted by Gasteiger charge is -2.56. The van der Waals surface area contributed by atoms with Crippen LogP contribution in [0.5, 0.6) is 0 Å². The second-order valence-corrected chi connectivity index (χ2v) is 9.29. The lowest BCUT2D eigenvalue weighted by molar-refractivity contribution is -0.131. The Balaban J connectivity index is 1.62. The Morgan fingerprint density at radius 2 is 1.71 bits per heavy atom. The SMILES string of the molecule is CCC(C)(CCBr)NC(=O)CC12CC3CC(CC(C3)C1)C2. The Morgan fingerprint density at radius 3 is 2.14 bits per heavy atom. The molecule has 1 amide bonds. The van der Waals surface area contributed by atoms with Crippen LogP contribution in [0.15, 0.2) is 0 Å². The fourth-order valence-electron chi connectivity index (χ4n) is 5.76. The minimum absolute atomic E-state index is 0.0388. The maximum atomic E-state index is 12.7. The molecule has 1 unspecified atom stereocenters. The molecule has 120 valence electrons. The van der Waals surface area contributed by atoms with Gasteiger partial charge in [-0.05, 0) is 81.5 Å². The van der Waals surface area contributed by atoms with Gasteiger partial charge in [0.05, 0.1) is 0 Å². The third-order valence-corrected chi connectivity index (χ3v) is 6.96. The van der Waals surface area contributed by atoms with Crippen LogP contribution >= 0.6 is 15.9 Å². The quantitative estimate of drug-likeness (QED) is 0.689. The first-order chi connectivity index (χ1) is 9.96. The van der Waals surface area contributed by atoms with Gasteiger partial charge in [-0.15, -0.1) is 0 Å². The molecule has 1 atom stereocenters. The predicted molar refractivity (Wildman–Crippen MR) is 90.5 cm³/mol. The summed E-state index contributed by atoms with van der Waals surface area (Å²) in [5.74, 6) is 3.11. The summed E-state index contributed by atoms with van der Waals surface area (Å²) in [6, 6.07) is 0. The molecular weight excluding hydrogens is 326 g/mol.